The summed E-state index contributed by atoms with van der Waals surface area (Å²) < 4.78 is 22.7. The summed E-state index contributed by atoms with van der Waals surface area (Å²) in [5, 5.41) is 18.0. The Morgan fingerprint density at radius 2 is 1.76 bits per heavy atom. The second-order valence-electron chi connectivity index (χ2n) is 7.17. The molecule has 0 spiro atoms. The van der Waals surface area contributed by atoms with Gasteiger partial charge in [-0.15, -0.1) is 10.2 Å². The monoisotopic (exact) mass is 442 g/mol. The van der Waals surface area contributed by atoms with Gasteiger partial charge in [0, 0.05) is 17.7 Å². The maximum absolute atomic E-state index is 12.5. The molecule has 0 saturated heterocycles. The van der Waals surface area contributed by atoms with Gasteiger partial charge in [0.25, 0.3) is 11.8 Å². The number of ether oxygens (including phenoxy) is 2. The van der Waals surface area contributed by atoms with Gasteiger partial charge >= 0.3 is 0 Å². The van der Waals surface area contributed by atoms with Gasteiger partial charge in [0.05, 0.1) is 18.1 Å². The number of rotatable bonds is 6. The first-order valence-electron chi connectivity index (χ1n) is 10.1. The minimum Gasteiger partial charge on any atom is -0.508 e. The number of para-hydroxylation sites is 1. The summed E-state index contributed by atoms with van der Waals surface area (Å²) in [6.45, 7) is 0.0372. The third-order valence-electron chi connectivity index (χ3n) is 5.02. The van der Waals surface area contributed by atoms with Gasteiger partial charge in [-0.05, 0) is 48.5 Å². The molecule has 0 saturated carbocycles. The first kappa shape index (κ1) is 20.3. The Balaban J connectivity index is 1.38. The number of phenolic OH excluding ortho intramolecular Hbond substituents is 1. The van der Waals surface area contributed by atoms with Crippen LogP contribution in [0.15, 0.2) is 86.4 Å². The number of aromatic hydroxyl groups is 1. The van der Waals surface area contributed by atoms with E-state index in [2.05, 4.69) is 10.2 Å². The fourth-order valence-electron chi connectivity index (χ4n) is 3.38. The van der Waals surface area contributed by atoms with E-state index in [0.717, 1.165) is 0 Å². The van der Waals surface area contributed by atoms with Crippen LogP contribution in [0, 0.1) is 0 Å². The van der Waals surface area contributed by atoms with Crippen molar-refractivity contribution >= 4 is 11.0 Å². The van der Waals surface area contributed by atoms with Crippen LogP contribution in [0.5, 0.6) is 17.2 Å². The molecule has 33 heavy (non-hydrogen) atoms. The second kappa shape index (κ2) is 8.51. The molecule has 8 heteroatoms. The van der Waals surface area contributed by atoms with Crippen molar-refractivity contribution in [1.29, 1.82) is 0 Å². The highest BCUT2D eigenvalue weighted by molar-refractivity contribution is 5.80. The summed E-state index contributed by atoms with van der Waals surface area (Å²) in [6.07, 6.45) is 0. The summed E-state index contributed by atoms with van der Waals surface area (Å²) in [7, 11) is 1.57. The molecule has 0 unspecified atom stereocenters. The molecule has 0 radical (unpaired) electrons. The van der Waals surface area contributed by atoms with E-state index in [4.69, 9.17) is 18.3 Å². The number of hydrogen-bond acceptors (Lipinski definition) is 8. The van der Waals surface area contributed by atoms with Crippen LogP contribution in [0.4, 0.5) is 0 Å². The lowest BCUT2D eigenvalue weighted by atomic mass is 10.1. The van der Waals surface area contributed by atoms with Crippen molar-refractivity contribution in [2.75, 3.05) is 7.11 Å². The van der Waals surface area contributed by atoms with Gasteiger partial charge in [0.2, 0.25) is 0 Å². The van der Waals surface area contributed by atoms with Crippen molar-refractivity contribution in [2.24, 2.45) is 0 Å². The summed E-state index contributed by atoms with van der Waals surface area (Å²) in [6, 6.07) is 20.1. The van der Waals surface area contributed by atoms with E-state index in [1.807, 2.05) is 24.3 Å². The standard InChI is InChI=1S/C25H18N2O6/c1-30-21-5-3-2-4-19(21)25-27-26-24(33-25)14-31-17-10-11-18-20(29)13-22(32-23(18)12-17)15-6-8-16(28)9-7-15/h2-13,28H,14H2,1H3. The lowest BCUT2D eigenvalue weighted by molar-refractivity contribution is 0.264. The number of benzene rings is 3. The Bertz CT molecular complexity index is 1490. The van der Waals surface area contributed by atoms with E-state index in [9.17, 15) is 9.90 Å². The molecule has 1 N–H and O–H groups in total. The Hall–Kier alpha value is -4.59. The largest absolute Gasteiger partial charge is 0.508 e. The maximum atomic E-state index is 12.5. The third kappa shape index (κ3) is 4.14. The number of methoxy groups -OCH3 is 1. The van der Waals surface area contributed by atoms with Crippen LogP contribution in [0.2, 0.25) is 0 Å². The first-order valence-corrected chi connectivity index (χ1v) is 10.1. The number of hydrogen-bond donors (Lipinski definition) is 1. The maximum Gasteiger partial charge on any atom is 0.254 e. The molecule has 0 amide bonds. The van der Waals surface area contributed by atoms with Crippen molar-refractivity contribution < 1.29 is 23.4 Å². The highest BCUT2D eigenvalue weighted by Crippen LogP contribution is 2.29. The fourth-order valence-corrected chi connectivity index (χ4v) is 3.38. The van der Waals surface area contributed by atoms with Crippen LogP contribution in [-0.2, 0) is 6.61 Å². The van der Waals surface area contributed by atoms with Crippen LogP contribution in [0.1, 0.15) is 5.89 Å². The van der Waals surface area contributed by atoms with E-state index in [1.54, 1.807) is 37.4 Å². The second-order valence-corrected chi connectivity index (χ2v) is 7.17. The Morgan fingerprint density at radius 1 is 0.939 bits per heavy atom. The first-order chi connectivity index (χ1) is 16.1. The number of phenols is 1. The van der Waals surface area contributed by atoms with Gasteiger partial charge in [-0.2, -0.15) is 0 Å². The third-order valence-corrected chi connectivity index (χ3v) is 5.02. The molecule has 5 rings (SSSR count). The zero-order valence-corrected chi connectivity index (χ0v) is 17.5. The lowest BCUT2D eigenvalue weighted by Gasteiger charge is -2.07. The van der Waals surface area contributed by atoms with Crippen molar-refractivity contribution in [3.8, 4) is 40.0 Å². The topological polar surface area (TPSA) is 108 Å². The van der Waals surface area contributed by atoms with Gasteiger partial charge in [-0.3, -0.25) is 4.79 Å². The van der Waals surface area contributed by atoms with E-state index >= 15 is 0 Å². The summed E-state index contributed by atoms with van der Waals surface area (Å²) >= 11 is 0. The van der Waals surface area contributed by atoms with E-state index in [0.29, 0.717) is 45.2 Å². The molecule has 2 heterocycles. The zero-order chi connectivity index (χ0) is 22.8. The molecule has 0 fully saturated rings. The molecule has 8 nitrogen and oxygen atoms in total. The normalized spacial score (nSPS) is 10.9. The summed E-state index contributed by atoms with van der Waals surface area (Å²) in [5.41, 5.74) is 1.56. The van der Waals surface area contributed by atoms with Crippen molar-refractivity contribution in [3.05, 3.63) is 88.9 Å². The highest BCUT2D eigenvalue weighted by Gasteiger charge is 2.14. The molecule has 0 aliphatic carbocycles. The number of aromatic nitrogens is 2. The zero-order valence-electron chi connectivity index (χ0n) is 17.5. The van der Waals surface area contributed by atoms with Gasteiger partial charge in [-0.25, -0.2) is 0 Å². The van der Waals surface area contributed by atoms with Crippen molar-refractivity contribution in [3.63, 3.8) is 0 Å². The average Bonchev–Trinajstić information content (AvgIpc) is 3.32. The van der Waals surface area contributed by atoms with Crippen molar-refractivity contribution in [1.82, 2.24) is 10.2 Å². The molecule has 164 valence electrons. The minimum atomic E-state index is -0.177. The Kier molecular flexibility index (Phi) is 5.24. The SMILES string of the molecule is COc1ccccc1-c1nnc(COc2ccc3c(=O)cc(-c4ccc(O)cc4)oc3c2)o1. The number of nitrogens with zero attached hydrogens (tertiary/aromatic N) is 2. The predicted octanol–water partition coefficient (Wildman–Crippen LogP) is 4.80. The van der Waals surface area contributed by atoms with E-state index in [1.165, 1.54) is 18.2 Å². The van der Waals surface area contributed by atoms with E-state index < -0.39 is 0 Å². The van der Waals surface area contributed by atoms with Crippen LogP contribution in [0.25, 0.3) is 33.7 Å². The summed E-state index contributed by atoms with van der Waals surface area (Å²) in [5.74, 6) is 2.24. The van der Waals surface area contributed by atoms with Crippen LogP contribution in [-0.4, -0.2) is 22.4 Å². The van der Waals surface area contributed by atoms with E-state index in [-0.39, 0.29) is 23.7 Å². The van der Waals surface area contributed by atoms with Gasteiger partial charge in [0.15, 0.2) is 12.0 Å². The molecule has 0 bridgehead atoms. The lowest BCUT2D eigenvalue weighted by Crippen LogP contribution is -2.01. The molecule has 0 aliphatic rings. The van der Waals surface area contributed by atoms with Crippen LogP contribution < -0.4 is 14.9 Å². The fraction of sp³-hybridized carbons (Fsp3) is 0.0800. The van der Waals surface area contributed by atoms with Gasteiger partial charge in [-0.1, -0.05) is 12.1 Å². The smallest absolute Gasteiger partial charge is 0.254 e. The Morgan fingerprint density at radius 3 is 2.58 bits per heavy atom. The van der Waals surface area contributed by atoms with Crippen LogP contribution >= 0.6 is 0 Å². The molecular weight excluding hydrogens is 424 g/mol. The molecular formula is C25H18N2O6. The molecule has 0 aliphatic heterocycles. The van der Waals surface area contributed by atoms with Gasteiger partial charge < -0.3 is 23.4 Å². The highest BCUT2D eigenvalue weighted by atomic mass is 16.5. The molecule has 3 aromatic carbocycles. The molecule has 0 atom stereocenters. The quantitative estimate of drug-likeness (QED) is 0.399. The summed E-state index contributed by atoms with van der Waals surface area (Å²) in [4.78, 5) is 12.5. The Labute approximate surface area is 187 Å². The average molecular weight is 442 g/mol. The van der Waals surface area contributed by atoms with Crippen molar-refractivity contribution in [2.45, 2.75) is 6.61 Å². The number of fused-ring (bicyclic) bond motifs is 1. The van der Waals surface area contributed by atoms with Gasteiger partial charge in [0.1, 0.15) is 28.6 Å². The molecule has 5 aromatic rings. The minimum absolute atomic E-state index is 0.0372. The predicted molar refractivity (Wildman–Crippen MR) is 120 cm³/mol. The molecule has 2 aromatic heterocycles. The van der Waals surface area contributed by atoms with Crippen LogP contribution in [0.3, 0.4) is 0 Å².